The van der Waals surface area contributed by atoms with Gasteiger partial charge in [-0.15, -0.1) is 12.4 Å². The minimum Gasteiger partial charge on any atom is -0.460 e. The highest BCUT2D eigenvalue weighted by atomic mass is 35.5. The molecule has 1 saturated carbocycles. The van der Waals surface area contributed by atoms with Gasteiger partial charge in [-0.25, -0.2) is 0 Å². The second-order valence-corrected chi connectivity index (χ2v) is 5.16. The largest absolute Gasteiger partial charge is 0.460 e. The zero-order valence-corrected chi connectivity index (χ0v) is 10.6. The number of nitrogens with two attached hydrogens (primary N) is 1. The van der Waals surface area contributed by atoms with E-state index in [1.807, 2.05) is 20.8 Å². The van der Waals surface area contributed by atoms with Gasteiger partial charge >= 0.3 is 5.97 Å². The van der Waals surface area contributed by atoms with Crippen molar-refractivity contribution in [1.29, 1.82) is 0 Å². The van der Waals surface area contributed by atoms with Crippen LogP contribution in [0.15, 0.2) is 0 Å². The van der Waals surface area contributed by atoms with Crippen LogP contribution in [0.1, 0.15) is 46.5 Å². The van der Waals surface area contributed by atoms with Crippen LogP contribution in [0, 0.1) is 5.92 Å². The van der Waals surface area contributed by atoms with Crippen molar-refractivity contribution in [3.63, 3.8) is 0 Å². The Hall–Kier alpha value is -0.280. The van der Waals surface area contributed by atoms with Gasteiger partial charge in [-0.2, -0.15) is 0 Å². The molecule has 2 N–H and O–H groups in total. The van der Waals surface area contributed by atoms with Crippen LogP contribution in [0.4, 0.5) is 0 Å². The molecule has 3 nitrogen and oxygen atoms in total. The van der Waals surface area contributed by atoms with E-state index in [4.69, 9.17) is 10.5 Å². The number of carbonyl (C=O) groups excluding carboxylic acids is 1. The molecule has 0 aromatic rings. The van der Waals surface area contributed by atoms with Crippen molar-refractivity contribution in [2.45, 2.75) is 58.1 Å². The fourth-order valence-corrected chi connectivity index (χ4v) is 1.83. The lowest BCUT2D eigenvalue weighted by Crippen LogP contribution is -2.35. The molecule has 0 aromatic heterocycles. The number of halogens is 1. The topological polar surface area (TPSA) is 52.3 Å². The number of esters is 1. The Morgan fingerprint density at radius 3 is 2.40 bits per heavy atom. The molecule has 2 atom stereocenters. The van der Waals surface area contributed by atoms with Crippen LogP contribution >= 0.6 is 12.4 Å². The van der Waals surface area contributed by atoms with Gasteiger partial charge in [0, 0.05) is 6.04 Å². The van der Waals surface area contributed by atoms with E-state index in [1.54, 1.807) is 0 Å². The minimum absolute atomic E-state index is 0. The van der Waals surface area contributed by atoms with Crippen LogP contribution in [0.2, 0.25) is 0 Å². The summed E-state index contributed by atoms with van der Waals surface area (Å²) in [6.45, 7) is 5.69. The molecule has 0 bridgehead atoms. The third-order valence-corrected chi connectivity index (χ3v) is 2.45. The van der Waals surface area contributed by atoms with Crippen molar-refractivity contribution in [3.05, 3.63) is 0 Å². The van der Waals surface area contributed by atoms with Crippen molar-refractivity contribution < 1.29 is 9.53 Å². The zero-order chi connectivity index (χ0) is 10.8. The van der Waals surface area contributed by atoms with Gasteiger partial charge in [0.15, 0.2) is 0 Å². The molecule has 1 rings (SSSR count). The van der Waals surface area contributed by atoms with E-state index in [0.717, 1.165) is 25.7 Å². The second-order valence-electron chi connectivity index (χ2n) is 5.16. The van der Waals surface area contributed by atoms with Crippen molar-refractivity contribution in [3.8, 4) is 0 Å². The maximum Gasteiger partial charge on any atom is 0.309 e. The first-order valence-corrected chi connectivity index (χ1v) is 5.37. The van der Waals surface area contributed by atoms with E-state index in [0.29, 0.717) is 0 Å². The maximum atomic E-state index is 11.7. The molecule has 90 valence electrons. The summed E-state index contributed by atoms with van der Waals surface area (Å²) < 4.78 is 5.33. The van der Waals surface area contributed by atoms with Crippen molar-refractivity contribution >= 4 is 18.4 Å². The van der Waals surface area contributed by atoms with Gasteiger partial charge in [-0.1, -0.05) is 6.42 Å². The van der Waals surface area contributed by atoms with Crippen LogP contribution in [-0.2, 0) is 9.53 Å². The van der Waals surface area contributed by atoms with Crippen LogP contribution in [0.25, 0.3) is 0 Å². The van der Waals surface area contributed by atoms with E-state index < -0.39 is 0 Å². The number of rotatable bonds is 1. The summed E-state index contributed by atoms with van der Waals surface area (Å²) in [5.74, 6) is -0.0503. The molecule has 0 spiro atoms. The Labute approximate surface area is 98.2 Å². The van der Waals surface area contributed by atoms with Crippen LogP contribution < -0.4 is 5.73 Å². The summed E-state index contributed by atoms with van der Waals surface area (Å²) in [6, 6.07) is 0.182. The van der Waals surface area contributed by atoms with Gasteiger partial charge in [-0.3, -0.25) is 4.79 Å². The average Bonchev–Trinajstić information content (AvgIpc) is 2.01. The summed E-state index contributed by atoms with van der Waals surface area (Å²) in [7, 11) is 0. The zero-order valence-electron chi connectivity index (χ0n) is 9.79. The van der Waals surface area contributed by atoms with Crippen LogP contribution in [-0.4, -0.2) is 17.6 Å². The third-order valence-electron chi connectivity index (χ3n) is 2.45. The van der Waals surface area contributed by atoms with Crippen molar-refractivity contribution in [1.82, 2.24) is 0 Å². The average molecular weight is 236 g/mol. The highest BCUT2D eigenvalue weighted by molar-refractivity contribution is 5.85. The molecule has 0 aromatic carbocycles. The highest BCUT2D eigenvalue weighted by Crippen LogP contribution is 2.25. The normalized spacial score (nSPS) is 26.7. The highest BCUT2D eigenvalue weighted by Gasteiger charge is 2.29. The van der Waals surface area contributed by atoms with Gasteiger partial charge < -0.3 is 10.5 Å². The van der Waals surface area contributed by atoms with Gasteiger partial charge in [-0.05, 0) is 40.0 Å². The molecule has 0 unspecified atom stereocenters. The standard InChI is InChI=1S/C11H21NO2.ClH/c1-11(2,3)14-10(13)8-5-4-6-9(12)7-8;/h8-9H,4-7,12H2,1-3H3;1H/t8-,9+;/m1./s1. The molecule has 4 heteroatoms. The SMILES string of the molecule is CC(C)(C)OC(=O)[C@@H]1CCC[C@H](N)C1.Cl. The fraction of sp³-hybridized carbons (Fsp3) is 0.909. The summed E-state index contributed by atoms with van der Waals surface area (Å²) in [6.07, 6.45) is 3.81. The molecule has 15 heavy (non-hydrogen) atoms. The molecule has 0 aliphatic heterocycles. The Morgan fingerprint density at radius 2 is 1.93 bits per heavy atom. The lowest BCUT2D eigenvalue weighted by atomic mass is 9.86. The molecule has 1 aliphatic rings. The van der Waals surface area contributed by atoms with E-state index in [9.17, 15) is 4.79 Å². The first kappa shape index (κ1) is 14.7. The lowest BCUT2D eigenvalue weighted by Gasteiger charge is -2.28. The quantitative estimate of drug-likeness (QED) is 0.710. The predicted octanol–water partition coefficient (Wildman–Crippen LogP) is 2.27. The van der Waals surface area contributed by atoms with E-state index in [-0.39, 0.29) is 35.9 Å². The van der Waals surface area contributed by atoms with Crippen molar-refractivity contribution in [2.75, 3.05) is 0 Å². The molecule has 0 heterocycles. The Balaban J connectivity index is 0.00000196. The Bertz CT molecular complexity index is 213. The van der Waals surface area contributed by atoms with E-state index in [2.05, 4.69) is 0 Å². The minimum atomic E-state index is -0.376. The molecule has 0 radical (unpaired) electrons. The Kier molecular flexibility index (Phi) is 5.60. The molecular weight excluding hydrogens is 214 g/mol. The monoisotopic (exact) mass is 235 g/mol. The number of hydrogen-bond donors (Lipinski definition) is 1. The maximum absolute atomic E-state index is 11.7. The summed E-state index contributed by atoms with van der Waals surface area (Å²) >= 11 is 0. The molecule has 1 aliphatic carbocycles. The fourth-order valence-electron chi connectivity index (χ4n) is 1.83. The van der Waals surface area contributed by atoms with Gasteiger partial charge in [0.1, 0.15) is 5.60 Å². The van der Waals surface area contributed by atoms with Gasteiger partial charge in [0.2, 0.25) is 0 Å². The molecule has 0 saturated heterocycles. The van der Waals surface area contributed by atoms with Crippen LogP contribution in [0.5, 0.6) is 0 Å². The first-order chi connectivity index (χ1) is 6.38. The number of carbonyl (C=O) groups is 1. The third kappa shape index (κ3) is 5.38. The summed E-state index contributed by atoms with van der Waals surface area (Å²) in [5.41, 5.74) is 5.44. The van der Waals surface area contributed by atoms with Gasteiger partial charge in [0.25, 0.3) is 0 Å². The summed E-state index contributed by atoms with van der Waals surface area (Å²) in [4.78, 5) is 11.7. The molecular formula is C11H22ClNO2. The van der Waals surface area contributed by atoms with E-state index >= 15 is 0 Å². The lowest BCUT2D eigenvalue weighted by molar-refractivity contribution is -0.161. The Morgan fingerprint density at radius 1 is 1.33 bits per heavy atom. The van der Waals surface area contributed by atoms with E-state index in [1.165, 1.54) is 0 Å². The predicted molar refractivity (Wildman–Crippen MR) is 63.0 cm³/mol. The van der Waals surface area contributed by atoms with Crippen molar-refractivity contribution in [2.24, 2.45) is 11.7 Å². The number of ether oxygens (including phenoxy) is 1. The van der Waals surface area contributed by atoms with Crippen LogP contribution in [0.3, 0.4) is 0 Å². The molecule has 0 amide bonds. The smallest absolute Gasteiger partial charge is 0.309 e. The first-order valence-electron chi connectivity index (χ1n) is 5.37. The second kappa shape index (κ2) is 5.71. The number of hydrogen-bond acceptors (Lipinski definition) is 3. The molecule has 1 fully saturated rings. The van der Waals surface area contributed by atoms with Gasteiger partial charge in [0.05, 0.1) is 5.92 Å². The summed E-state index contributed by atoms with van der Waals surface area (Å²) in [5, 5.41) is 0.